The molecule has 1 saturated heterocycles. The van der Waals surface area contributed by atoms with Crippen LogP contribution in [-0.4, -0.2) is 54.5 Å². The number of hydrogen-bond donors (Lipinski definition) is 1. The van der Waals surface area contributed by atoms with Crippen molar-refractivity contribution in [2.24, 2.45) is 0 Å². The first-order valence-electron chi connectivity index (χ1n) is 7.46. The van der Waals surface area contributed by atoms with Gasteiger partial charge in [-0.3, -0.25) is 9.69 Å². The molecule has 1 amide bonds. The van der Waals surface area contributed by atoms with Gasteiger partial charge in [0.1, 0.15) is 5.75 Å². The molecule has 5 heteroatoms. The Morgan fingerprint density at radius 2 is 1.90 bits per heavy atom. The summed E-state index contributed by atoms with van der Waals surface area (Å²) in [4.78, 5) is 16.5. The van der Waals surface area contributed by atoms with Crippen molar-refractivity contribution < 1.29 is 9.53 Å². The van der Waals surface area contributed by atoms with Gasteiger partial charge in [0.15, 0.2) is 0 Å². The maximum absolute atomic E-state index is 12.3. The number of piperazine rings is 1. The van der Waals surface area contributed by atoms with E-state index in [9.17, 15) is 4.79 Å². The predicted molar refractivity (Wildman–Crippen MR) is 84.2 cm³/mol. The lowest BCUT2D eigenvalue weighted by Gasteiger charge is -2.42. The van der Waals surface area contributed by atoms with Crippen LogP contribution in [0.4, 0.5) is 5.69 Å². The highest BCUT2D eigenvalue weighted by Gasteiger charge is 2.28. The monoisotopic (exact) mass is 291 g/mol. The summed E-state index contributed by atoms with van der Waals surface area (Å²) in [6, 6.07) is 8.13. The minimum absolute atomic E-state index is 0.149. The Hall–Kier alpha value is -1.75. The van der Waals surface area contributed by atoms with Gasteiger partial charge in [-0.15, -0.1) is 0 Å². The van der Waals surface area contributed by atoms with E-state index >= 15 is 0 Å². The molecule has 0 saturated carbocycles. The van der Waals surface area contributed by atoms with Crippen molar-refractivity contribution in [1.29, 1.82) is 0 Å². The zero-order valence-corrected chi connectivity index (χ0v) is 13.1. The van der Waals surface area contributed by atoms with E-state index in [2.05, 4.69) is 25.8 Å². The second kappa shape index (κ2) is 6.80. The molecule has 1 heterocycles. The highest BCUT2D eigenvalue weighted by Crippen LogP contribution is 2.20. The lowest BCUT2D eigenvalue weighted by Crippen LogP contribution is -2.56. The van der Waals surface area contributed by atoms with Crippen LogP contribution >= 0.6 is 0 Å². The average Bonchev–Trinajstić information content (AvgIpc) is 2.46. The van der Waals surface area contributed by atoms with Crippen LogP contribution < -0.4 is 10.5 Å². The summed E-state index contributed by atoms with van der Waals surface area (Å²) in [5.74, 6) is 0.793. The zero-order valence-electron chi connectivity index (χ0n) is 13.1. The third kappa shape index (κ3) is 3.88. The van der Waals surface area contributed by atoms with Crippen LogP contribution in [-0.2, 0) is 4.79 Å². The Balaban J connectivity index is 1.81. The molecule has 2 unspecified atom stereocenters. The summed E-state index contributed by atoms with van der Waals surface area (Å²) in [6.07, 6.45) is 0.386. The maximum Gasteiger partial charge on any atom is 0.226 e. The number of rotatable bonds is 4. The van der Waals surface area contributed by atoms with Gasteiger partial charge in [0, 0.05) is 25.2 Å². The number of carbonyl (C=O) groups excluding carboxylic acids is 1. The van der Waals surface area contributed by atoms with E-state index in [4.69, 9.17) is 10.5 Å². The van der Waals surface area contributed by atoms with Crippen LogP contribution in [0.1, 0.15) is 20.3 Å². The highest BCUT2D eigenvalue weighted by atomic mass is 16.5. The van der Waals surface area contributed by atoms with Gasteiger partial charge < -0.3 is 15.4 Å². The molecule has 0 bridgehead atoms. The number of amides is 1. The van der Waals surface area contributed by atoms with Crippen molar-refractivity contribution in [1.82, 2.24) is 9.80 Å². The molecule has 2 atom stereocenters. The summed E-state index contributed by atoms with van der Waals surface area (Å²) < 4.78 is 5.59. The largest absolute Gasteiger partial charge is 0.491 e. The van der Waals surface area contributed by atoms with E-state index < -0.39 is 0 Å². The minimum Gasteiger partial charge on any atom is -0.491 e. The number of para-hydroxylation sites is 2. The number of nitrogen functional groups attached to an aromatic ring is 1. The average molecular weight is 291 g/mol. The van der Waals surface area contributed by atoms with Crippen molar-refractivity contribution >= 4 is 11.6 Å². The van der Waals surface area contributed by atoms with Crippen LogP contribution in [0, 0.1) is 0 Å². The summed E-state index contributed by atoms with van der Waals surface area (Å²) in [6.45, 7) is 6.23. The van der Waals surface area contributed by atoms with Gasteiger partial charge in [0.05, 0.1) is 18.7 Å². The molecule has 1 fully saturated rings. The molecule has 1 aromatic rings. The molecule has 0 radical (unpaired) electrons. The van der Waals surface area contributed by atoms with Crippen LogP contribution in [0.5, 0.6) is 5.75 Å². The summed E-state index contributed by atoms with van der Waals surface area (Å²) in [7, 11) is 2.11. The first kappa shape index (κ1) is 15.6. The van der Waals surface area contributed by atoms with Crippen LogP contribution in [0.25, 0.3) is 0 Å². The SMILES string of the molecule is CC1CN(C(=O)CCOc2ccccc2N)CC(C)N1C. The molecule has 21 heavy (non-hydrogen) atoms. The van der Waals surface area contributed by atoms with E-state index in [-0.39, 0.29) is 5.91 Å². The van der Waals surface area contributed by atoms with Crippen LogP contribution in [0.2, 0.25) is 0 Å². The van der Waals surface area contributed by atoms with Gasteiger partial charge in [-0.1, -0.05) is 12.1 Å². The van der Waals surface area contributed by atoms with E-state index in [0.717, 1.165) is 13.1 Å². The van der Waals surface area contributed by atoms with Crippen molar-refractivity contribution in [2.45, 2.75) is 32.4 Å². The molecule has 0 aromatic heterocycles. The highest BCUT2D eigenvalue weighted by molar-refractivity contribution is 5.76. The van der Waals surface area contributed by atoms with Crippen LogP contribution in [0.15, 0.2) is 24.3 Å². The molecule has 2 N–H and O–H groups in total. The van der Waals surface area contributed by atoms with Crippen LogP contribution in [0.3, 0.4) is 0 Å². The quantitative estimate of drug-likeness (QED) is 0.856. The first-order chi connectivity index (χ1) is 9.99. The lowest BCUT2D eigenvalue weighted by atomic mass is 10.1. The van der Waals surface area contributed by atoms with E-state index in [1.165, 1.54) is 0 Å². The molecule has 116 valence electrons. The molecule has 1 aromatic carbocycles. The molecular weight excluding hydrogens is 266 g/mol. The number of nitrogens with two attached hydrogens (primary N) is 1. The Labute approximate surface area is 126 Å². The topological polar surface area (TPSA) is 58.8 Å². The fraction of sp³-hybridized carbons (Fsp3) is 0.562. The Kier molecular flexibility index (Phi) is 5.07. The number of benzene rings is 1. The number of hydrogen-bond acceptors (Lipinski definition) is 4. The standard InChI is InChI=1S/C16H25N3O2/c1-12-10-19(11-13(2)18(12)3)16(20)8-9-21-15-7-5-4-6-14(15)17/h4-7,12-13H,8-11,17H2,1-3H3. The number of ether oxygens (including phenoxy) is 1. The van der Waals surface area contributed by atoms with Crippen molar-refractivity contribution in [3.8, 4) is 5.75 Å². The molecule has 5 nitrogen and oxygen atoms in total. The fourth-order valence-corrected chi connectivity index (χ4v) is 2.63. The number of anilines is 1. The van der Waals surface area contributed by atoms with Gasteiger partial charge in [-0.2, -0.15) is 0 Å². The summed E-state index contributed by atoms with van der Waals surface area (Å²) in [5.41, 5.74) is 6.41. The Morgan fingerprint density at radius 3 is 2.52 bits per heavy atom. The minimum atomic E-state index is 0.149. The molecule has 0 spiro atoms. The van der Waals surface area contributed by atoms with E-state index in [1.54, 1.807) is 6.07 Å². The van der Waals surface area contributed by atoms with E-state index in [1.807, 2.05) is 23.1 Å². The predicted octanol–water partition coefficient (Wildman–Crippen LogP) is 1.59. The van der Waals surface area contributed by atoms with Gasteiger partial charge in [-0.05, 0) is 33.0 Å². The Morgan fingerprint density at radius 1 is 1.29 bits per heavy atom. The summed E-state index contributed by atoms with van der Waals surface area (Å²) in [5, 5.41) is 0. The molecule has 1 aliphatic rings. The summed E-state index contributed by atoms with van der Waals surface area (Å²) >= 11 is 0. The van der Waals surface area contributed by atoms with E-state index in [0.29, 0.717) is 36.5 Å². The van der Waals surface area contributed by atoms with Crippen molar-refractivity contribution in [3.05, 3.63) is 24.3 Å². The van der Waals surface area contributed by atoms with Crippen molar-refractivity contribution in [2.75, 3.05) is 32.5 Å². The second-order valence-corrected chi connectivity index (χ2v) is 5.80. The third-order valence-electron chi connectivity index (χ3n) is 4.20. The second-order valence-electron chi connectivity index (χ2n) is 5.80. The first-order valence-corrected chi connectivity index (χ1v) is 7.46. The van der Waals surface area contributed by atoms with Gasteiger partial charge in [0.2, 0.25) is 5.91 Å². The van der Waals surface area contributed by atoms with Crippen molar-refractivity contribution in [3.63, 3.8) is 0 Å². The number of likely N-dealkylation sites (N-methyl/N-ethyl adjacent to an activating group) is 1. The van der Waals surface area contributed by atoms with Gasteiger partial charge >= 0.3 is 0 Å². The van der Waals surface area contributed by atoms with Gasteiger partial charge in [0.25, 0.3) is 0 Å². The molecule has 1 aliphatic heterocycles. The normalized spacial score (nSPS) is 23.1. The molecular formula is C16H25N3O2. The van der Waals surface area contributed by atoms with Gasteiger partial charge in [-0.25, -0.2) is 0 Å². The third-order valence-corrected chi connectivity index (χ3v) is 4.20. The smallest absolute Gasteiger partial charge is 0.226 e. The zero-order chi connectivity index (χ0) is 15.4. The molecule has 2 rings (SSSR count). The lowest BCUT2D eigenvalue weighted by molar-refractivity contribution is -0.135. The fourth-order valence-electron chi connectivity index (χ4n) is 2.63. The number of carbonyl (C=O) groups is 1. The molecule has 0 aliphatic carbocycles. The Bertz CT molecular complexity index is 480. The number of nitrogens with zero attached hydrogens (tertiary/aromatic N) is 2. The maximum atomic E-state index is 12.3.